The van der Waals surface area contributed by atoms with Crippen LogP contribution in [-0.4, -0.2) is 29.2 Å². The molecule has 100 valence electrons. The summed E-state index contributed by atoms with van der Waals surface area (Å²) in [6.45, 7) is 2.72. The molecule has 5 nitrogen and oxygen atoms in total. The van der Waals surface area contributed by atoms with E-state index in [9.17, 15) is 14.4 Å². The first-order chi connectivity index (χ1) is 9.11. The van der Waals surface area contributed by atoms with Crippen molar-refractivity contribution in [2.45, 2.75) is 26.3 Å². The number of nitrogens with zero attached hydrogens (tertiary/aromatic N) is 1. The molecule has 0 spiro atoms. The zero-order valence-corrected chi connectivity index (χ0v) is 10.8. The van der Waals surface area contributed by atoms with Crippen LogP contribution in [0, 0.1) is 0 Å². The average molecular weight is 260 g/mol. The van der Waals surface area contributed by atoms with Crippen LogP contribution in [0.25, 0.3) is 0 Å². The summed E-state index contributed by atoms with van der Waals surface area (Å²) in [6, 6.07) is 6.93. The summed E-state index contributed by atoms with van der Waals surface area (Å²) in [5.41, 5.74) is 1.42. The van der Waals surface area contributed by atoms with Crippen molar-refractivity contribution in [1.82, 2.24) is 10.2 Å². The number of amides is 3. The highest BCUT2D eigenvalue weighted by molar-refractivity contribution is 6.01. The van der Waals surface area contributed by atoms with Gasteiger partial charge in [-0.1, -0.05) is 12.1 Å². The van der Waals surface area contributed by atoms with Gasteiger partial charge >= 0.3 is 0 Å². The first kappa shape index (κ1) is 13.3. The van der Waals surface area contributed by atoms with Crippen LogP contribution >= 0.6 is 0 Å². The van der Waals surface area contributed by atoms with E-state index in [1.54, 1.807) is 24.3 Å². The first-order valence-electron chi connectivity index (χ1n) is 6.32. The van der Waals surface area contributed by atoms with Crippen LogP contribution < -0.4 is 5.32 Å². The summed E-state index contributed by atoms with van der Waals surface area (Å²) in [5.74, 6) is -0.377. The van der Waals surface area contributed by atoms with Gasteiger partial charge in [-0.3, -0.25) is 19.3 Å². The fourth-order valence-electron chi connectivity index (χ4n) is 2.01. The van der Waals surface area contributed by atoms with E-state index in [1.165, 1.54) is 4.90 Å². The smallest absolute Gasteiger partial charge is 0.251 e. The number of benzene rings is 1. The molecule has 1 saturated heterocycles. The van der Waals surface area contributed by atoms with Crippen LogP contribution in [-0.2, 0) is 16.1 Å². The zero-order valence-electron chi connectivity index (χ0n) is 10.8. The number of hydrogen-bond donors (Lipinski definition) is 1. The third-order valence-corrected chi connectivity index (χ3v) is 3.05. The molecule has 0 saturated carbocycles. The number of carbonyl (C=O) groups excluding carboxylic acids is 3. The minimum absolute atomic E-state index is 0.123. The molecule has 1 aromatic rings. The first-order valence-corrected chi connectivity index (χ1v) is 6.32. The van der Waals surface area contributed by atoms with E-state index in [1.807, 2.05) is 6.92 Å². The summed E-state index contributed by atoms with van der Waals surface area (Å²) in [7, 11) is 0. The van der Waals surface area contributed by atoms with E-state index in [4.69, 9.17) is 0 Å². The topological polar surface area (TPSA) is 66.5 Å². The Morgan fingerprint density at radius 2 is 1.74 bits per heavy atom. The van der Waals surface area contributed by atoms with Crippen LogP contribution in [0.15, 0.2) is 24.3 Å². The second-order valence-corrected chi connectivity index (χ2v) is 4.43. The minimum atomic E-state index is -0.127. The maximum atomic E-state index is 11.6. The van der Waals surface area contributed by atoms with Crippen LogP contribution in [0.3, 0.4) is 0 Å². The highest BCUT2D eigenvalue weighted by Crippen LogP contribution is 2.16. The number of imide groups is 1. The number of likely N-dealkylation sites (tertiary alicyclic amines) is 1. The van der Waals surface area contributed by atoms with E-state index >= 15 is 0 Å². The van der Waals surface area contributed by atoms with Crippen molar-refractivity contribution in [3.05, 3.63) is 35.4 Å². The van der Waals surface area contributed by atoms with E-state index < -0.39 is 0 Å². The largest absolute Gasteiger partial charge is 0.352 e. The van der Waals surface area contributed by atoms with Crippen LogP contribution in [0.4, 0.5) is 0 Å². The van der Waals surface area contributed by atoms with Gasteiger partial charge in [-0.2, -0.15) is 0 Å². The summed E-state index contributed by atoms with van der Waals surface area (Å²) in [4.78, 5) is 35.8. The summed E-state index contributed by atoms with van der Waals surface area (Å²) < 4.78 is 0. The van der Waals surface area contributed by atoms with Crippen molar-refractivity contribution >= 4 is 17.7 Å². The third-order valence-electron chi connectivity index (χ3n) is 3.05. The lowest BCUT2D eigenvalue weighted by atomic mass is 10.1. The highest BCUT2D eigenvalue weighted by atomic mass is 16.2. The molecule has 19 heavy (non-hydrogen) atoms. The van der Waals surface area contributed by atoms with Crippen molar-refractivity contribution in [1.29, 1.82) is 0 Å². The summed E-state index contributed by atoms with van der Waals surface area (Å²) >= 11 is 0. The lowest BCUT2D eigenvalue weighted by Gasteiger charge is -2.13. The van der Waals surface area contributed by atoms with Crippen molar-refractivity contribution in [3.63, 3.8) is 0 Å². The third kappa shape index (κ3) is 2.99. The van der Waals surface area contributed by atoms with Gasteiger partial charge in [0.1, 0.15) is 0 Å². The molecule has 3 amide bonds. The normalized spacial score (nSPS) is 14.9. The van der Waals surface area contributed by atoms with E-state index in [-0.39, 0.29) is 24.3 Å². The fourth-order valence-corrected chi connectivity index (χ4v) is 2.01. The standard InChI is InChI=1S/C14H16N2O3/c1-2-15-14(19)11-5-3-10(4-6-11)9-16-12(17)7-8-13(16)18/h3-6H,2,7-9H2,1H3,(H,15,19). The Labute approximate surface area is 111 Å². The molecule has 1 fully saturated rings. The van der Waals surface area contributed by atoms with Gasteiger partial charge in [0.25, 0.3) is 5.91 Å². The molecule has 0 bridgehead atoms. The van der Waals surface area contributed by atoms with Gasteiger partial charge in [0.05, 0.1) is 6.54 Å². The Morgan fingerprint density at radius 1 is 1.16 bits per heavy atom. The molecule has 2 rings (SSSR count). The highest BCUT2D eigenvalue weighted by Gasteiger charge is 2.28. The van der Waals surface area contributed by atoms with Gasteiger partial charge in [-0.15, -0.1) is 0 Å². The molecule has 0 aliphatic carbocycles. The molecule has 1 aromatic carbocycles. The van der Waals surface area contributed by atoms with Gasteiger partial charge in [-0.25, -0.2) is 0 Å². The molecular weight excluding hydrogens is 244 g/mol. The van der Waals surface area contributed by atoms with Crippen molar-refractivity contribution in [3.8, 4) is 0 Å². The summed E-state index contributed by atoms with van der Waals surface area (Å²) in [5, 5.41) is 2.71. The Morgan fingerprint density at radius 3 is 2.26 bits per heavy atom. The Balaban J connectivity index is 2.04. The van der Waals surface area contributed by atoms with Gasteiger partial charge < -0.3 is 5.32 Å². The Kier molecular flexibility index (Phi) is 3.94. The molecule has 1 heterocycles. The molecule has 5 heteroatoms. The van der Waals surface area contributed by atoms with Crippen LogP contribution in [0.2, 0.25) is 0 Å². The van der Waals surface area contributed by atoms with Crippen LogP contribution in [0.5, 0.6) is 0 Å². The fraction of sp³-hybridized carbons (Fsp3) is 0.357. The maximum Gasteiger partial charge on any atom is 0.251 e. The number of hydrogen-bond acceptors (Lipinski definition) is 3. The van der Waals surface area contributed by atoms with Crippen molar-refractivity contribution < 1.29 is 14.4 Å². The quantitative estimate of drug-likeness (QED) is 0.824. The average Bonchev–Trinajstić information content (AvgIpc) is 2.72. The van der Waals surface area contributed by atoms with Gasteiger partial charge in [0.15, 0.2) is 0 Å². The maximum absolute atomic E-state index is 11.6. The van der Waals surface area contributed by atoms with Crippen LogP contribution in [0.1, 0.15) is 35.7 Å². The molecule has 1 aliphatic heterocycles. The monoisotopic (exact) mass is 260 g/mol. The summed E-state index contributed by atoms with van der Waals surface area (Å²) in [6.07, 6.45) is 0.603. The Bertz CT molecular complexity index is 492. The second kappa shape index (κ2) is 5.65. The molecular formula is C14H16N2O3. The minimum Gasteiger partial charge on any atom is -0.352 e. The number of carbonyl (C=O) groups is 3. The second-order valence-electron chi connectivity index (χ2n) is 4.43. The van der Waals surface area contributed by atoms with Crippen molar-refractivity contribution in [2.24, 2.45) is 0 Å². The number of rotatable bonds is 4. The van der Waals surface area contributed by atoms with E-state index in [0.717, 1.165) is 5.56 Å². The molecule has 1 aliphatic rings. The lowest BCUT2D eigenvalue weighted by Crippen LogP contribution is -2.28. The van der Waals surface area contributed by atoms with Gasteiger partial charge in [-0.05, 0) is 24.6 Å². The molecule has 0 radical (unpaired) electrons. The van der Waals surface area contributed by atoms with E-state index in [0.29, 0.717) is 24.9 Å². The zero-order chi connectivity index (χ0) is 13.8. The predicted molar refractivity (Wildman–Crippen MR) is 69.2 cm³/mol. The molecule has 1 N–H and O–H groups in total. The van der Waals surface area contributed by atoms with Gasteiger partial charge in [0, 0.05) is 24.9 Å². The molecule has 0 unspecified atom stereocenters. The van der Waals surface area contributed by atoms with Gasteiger partial charge in [0.2, 0.25) is 11.8 Å². The predicted octanol–water partition coefficient (Wildman–Crippen LogP) is 1.09. The SMILES string of the molecule is CCNC(=O)c1ccc(CN2C(=O)CCC2=O)cc1. The molecule has 0 aromatic heterocycles. The lowest BCUT2D eigenvalue weighted by molar-refractivity contribution is -0.139. The van der Waals surface area contributed by atoms with Crippen molar-refractivity contribution in [2.75, 3.05) is 6.54 Å². The van der Waals surface area contributed by atoms with E-state index in [2.05, 4.69) is 5.32 Å². The Hall–Kier alpha value is -2.17. The molecule has 0 atom stereocenters. The number of nitrogens with one attached hydrogen (secondary N) is 1.